The van der Waals surface area contributed by atoms with Crippen molar-refractivity contribution in [1.82, 2.24) is 9.88 Å². The lowest BCUT2D eigenvalue weighted by Crippen LogP contribution is -2.39. The van der Waals surface area contributed by atoms with E-state index in [1.807, 2.05) is 11.8 Å². The van der Waals surface area contributed by atoms with Gasteiger partial charge in [-0.25, -0.2) is 0 Å². The molecule has 96 valence electrons. The van der Waals surface area contributed by atoms with Gasteiger partial charge in [0.25, 0.3) is 0 Å². The molecule has 1 fully saturated rings. The summed E-state index contributed by atoms with van der Waals surface area (Å²) < 4.78 is 0. The van der Waals surface area contributed by atoms with E-state index in [0.29, 0.717) is 12.6 Å². The molecule has 1 saturated heterocycles. The quantitative estimate of drug-likeness (QED) is 0.890. The summed E-state index contributed by atoms with van der Waals surface area (Å²) in [5.41, 5.74) is 8.58. The maximum Gasteiger partial charge on any atom is 0.0492 e. The van der Waals surface area contributed by atoms with Gasteiger partial charge in [-0.15, -0.1) is 0 Å². The Morgan fingerprint density at radius 2 is 2.06 bits per heavy atom. The molecule has 1 unspecified atom stereocenters. The predicted octanol–water partition coefficient (Wildman–Crippen LogP) is 2.22. The largest absolute Gasteiger partial charge is 0.361 e. The van der Waals surface area contributed by atoms with Gasteiger partial charge in [0.15, 0.2) is 0 Å². The number of thioether (sulfide) groups is 1. The number of aromatic amines is 1. The Hall–Kier alpha value is -0.970. The van der Waals surface area contributed by atoms with Crippen molar-refractivity contribution in [3.8, 4) is 0 Å². The second-order valence-corrected chi connectivity index (χ2v) is 5.91. The van der Waals surface area contributed by atoms with Crippen LogP contribution in [-0.2, 0) is 0 Å². The summed E-state index contributed by atoms with van der Waals surface area (Å²) in [6, 6.07) is 8.82. The molecule has 0 saturated carbocycles. The molecule has 1 aliphatic rings. The van der Waals surface area contributed by atoms with Crippen LogP contribution >= 0.6 is 11.8 Å². The molecule has 2 heterocycles. The van der Waals surface area contributed by atoms with Crippen molar-refractivity contribution in [2.24, 2.45) is 5.73 Å². The number of fused-ring (bicyclic) bond motifs is 1. The highest BCUT2D eigenvalue weighted by atomic mass is 32.2. The molecular formula is C14H19N3S. The van der Waals surface area contributed by atoms with Gasteiger partial charge in [-0.2, -0.15) is 11.8 Å². The molecule has 3 N–H and O–H groups in total. The van der Waals surface area contributed by atoms with Crippen LogP contribution in [0.5, 0.6) is 0 Å². The van der Waals surface area contributed by atoms with Crippen molar-refractivity contribution in [1.29, 1.82) is 0 Å². The van der Waals surface area contributed by atoms with E-state index < -0.39 is 0 Å². The Morgan fingerprint density at radius 3 is 2.83 bits per heavy atom. The van der Waals surface area contributed by atoms with Crippen LogP contribution in [0, 0.1) is 0 Å². The molecular weight excluding hydrogens is 242 g/mol. The van der Waals surface area contributed by atoms with Crippen LogP contribution in [0.25, 0.3) is 10.9 Å². The fraction of sp³-hybridized carbons (Fsp3) is 0.429. The summed E-state index contributed by atoms with van der Waals surface area (Å²) in [6.45, 7) is 2.98. The first-order valence-corrected chi connectivity index (χ1v) is 7.63. The first-order chi connectivity index (χ1) is 8.90. The minimum absolute atomic E-state index is 0.349. The molecule has 1 aromatic carbocycles. The van der Waals surface area contributed by atoms with Crippen LogP contribution in [0.2, 0.25) is 0 Å². The molecule has 4 heteroatoms. The second kappa shape index (κ2) is 5.34. The fourth-order valence-corrected chi connectivity index (χ4v) is 3.66. The van der Waals surface area contributed by atoms with Crippen LogP contribution in [0.1, 0.15) is 11.6 Å². The van der Waals surface area contributed by atoms with Crippen molar-refractivity contribution in [2.45, 2.75) is 6.04 Å². The number of rotatable bonds is 3. The lowest BCUT2D eigenvalue weighted by molar-refractivity contribution is 0.224. The zero-order chi connectivity index (χ0) is 12.4. The zero-order valence-corrected chi connectivity index (χ0v) is 11.2. The molecule has 1 atom stereocenters. The summed E-state index contributed by atoms with van der Waals surface area (Å²) in [7, 11) is 0. The third-order valence-corrected chi connectivity index (χ3v) is 4.63. The molecule has 18 heavy (non-hydrogen) atoms. The van der Waals surface area contributed by atoms with Gasteiger partial charge in [-0.1, -0.05) is 18.2 Å². The van der Waals surface area contributed by atoms with Crippen molar-refractivity contribution < 1.29 is 0 Å². The van der Waals surface area contributed by atoms with Crippen LogP contribution in [0.4, 0.5) is 0 Å². The van der Waals surface area contributed by atoms with Crippen molar-refractivity contribution in [2.75, 3.05) is 31.1 Å². The molecule has 3 nitrogen and oxygen atoms in total. The summed E-state index contributed by atoms with van der Waals surface area (Å²) in [4.78, 5) is 5.87. The number of H-pyrrole nitrogens is 1. The number of nitrogens with one attached hydrogen (secondary N) is 1. The van der Waals surface area contributed by atoms with Gasteiger partial charge in [0.05, 0.1) is 0 Å². The number of hydrogen-bond acceptors (Lipinski definition) is 3. The van der Waals surface area contributed by atoms with E-state index in [0.717, 1.165) is 13.1 Å². The molecule has 0 radical (unpaired) electrons. The normalized spacial score (nSPS) is 19.2. The van der Waals surface area contributed by atoms with Gasteiger partial charge in [0.1, 0.15) is 0 Å². The minimum Gasteiger partial charge on any atom is -0.361 e. The molecule has 2 aromatic rings. The summed E-state index contributed by atoms with van der Waals surface area (Å²) in [5, 5.41) is 1.31. The van der Waals surface area contributed by atoms with Gasteiger partial charge in [-0.05, 0) is 11.6 Å². The number of benzene rings is 1. The average molecular weight is 261 g/mol. The fourth-order valence-electron chi connectivity index (χ4n) is 2.73. The third kappa shape index (κ3) is 2.16. The maximum absolute atomic E-state index is 6.02. The van der Waals surface area contributed by atoms with E-state index in [4.69, 9.17) is 5.73 Å². The average Bonchev–Trinajstić information content (AvgIpc) is 2.85. The lowest BCUT2D eigenvalue weighted by Gasteiger charge is -2.33. The monoisotopic (exact) mass is 261 g/mol. The Labute approximate surface area is 112 Å². The Kier molecular flexibility index (Phi) is 3.59. The number of aromatic nitrogens is 1. The van der Waals surface area contributed by atoms with Crippen molar-refractivity contribution in [3.05, 3.63) is 36.0 Å². The Balaban J connectivity index is 1.95. The molecule has 1 aliphatic heterocycles. The number of para-hydroxylation sites is 1. The number of nitrogens with two attached hydrogens (primary N) is 1. The van der Waals surface area contributed by atoms with E-state index in [1.54, 1.807) is 0 Å². The predicted molar refractivity (Wildman–Crippen MR) is 79.0 cm³/mol. The smallest absolute Gasteiger partial charge is 0.0492 e. The first kappa shape index (κ1) is 12.1. The molecule has 1 aromatic heterocycles. The highest BCUT2D eigenvalue weighted by Gasteiger charge is 2.23. The summed E-state index contributed by atoms with van der Waals surface area (Å²) in [5.74, 6) is 2.44. The Morgan fingerprint density at radius 1 is 1.28 bits per heavy atom. The summed E-state index contributed by atoms with van der Waals surface area (Å²) in [6.07, 6.45) is 2.13. The van der Waals surface area contributed by atoms with E-state index in [2.05, 4.69) is 40.3 Å². The first-order valence-electron chi connectivity index (χ1n) is 6.48. The number of hydrogen-bond donors (Lipinski definition) is 2. The Bertz CT molecular complexity index is 516. The van der Waals surface area contributed by atoms with Crippen LogP contribution in [0.3, 0.4) is 0 Å². The number of nitrogens with zero attached hydrogens (tertiary/aromatic N) is 1. The van der Waals surface area contributed by atoms with Crippen molar-refractivity contribution in [3.63, 3.8) is 0 Å². The van der Waals surface area contributed by atoms with E-state index in [1.165, 1.54) is 28.0 Å². The third-order valence-electron chi connectivity index (χ3n) is 3.69. The van der Waals surface area contributed by atoms with Crippen molar-refractivity contribution >= 4 is 22.7 Å². The van der Waals surface area contributed by atoms with Gasteiger partial charge >= 0.3 is 0 Å². The highest BCUT2D eigenvalue weighted by molar-refractivity contribution is 7.99. The van der Waals surface area contributed by atoms with Gasteiger partial charge < -0.3 is 10.7 Å². The van der Waals surface area contributed by atoms with E-state index in [-0.39, 0.29) is 0 Å². The standard InChI is InChI=1S/C14H19N3S/c15-9-14(17-5-7-18-8-6-17)12-10-16-13-4-2-1-3-11(12)13/h1-4,10,14,16H,5-9,15H2. The zero-order valence-electron chi connectivity index (χ0n) is 10.4. The topological polar surface area (TPSA) is 45.1 Å². The van der Waals surface area contributed by atoms with Gasteiger partial charge in [0, 0.05) is 54.3 Å². The van der Waals surface area contributed by atoms with Crippen LogP contribution in [0.15, 0.2) is 30.5 Å². The van der Waals surface area contributed by atoms with E-state index in [9.17, 15) is 0 Å². The molecule has 0 aliphatic carbocycles. The molecule has 0 spiro atoms. The molecule has 0 amide bonds. The lowest BCUT2D eigenvalue weighted by atomic mass is 10.0. The molecule has 3 rings (SSSR count). The van der Waals surface area contributed by atoms with Crippen LogP contribution in [-0.4, -0.2) is 41.0 Å². The van der Waals surface area contributed by atoms with Crippen LogP contribution < -0.4 is 5.73 Å². The SMILES string of the molecule is NCC(c1c[nH]c2ccccc12)N1CCSCC1. The van der Waals surface area contributed by atoms with E-state index >= 15 is 0 Å². The van der Waals surface area contributed by atoms with Gasteiger partial charge in [0.2, 0.25) is 0 Å². The summed E-state index contributed by atoms with van der Waals surface area (Å²) >= 11 is 2.04. The minimum atomic E-state index is 0.349. The van der Waals surface area contributed by atoms with Gasteiger partial charge in [-0.3, -0.25) is 4.90 Å². The maximum atomic E-state index is 6.02. The second-order valence-electron chi connectivity index (χ2n) is 4.69. The molecule has 0 bridgehead atoms. The highest BCUT2D eigenvalue weighted by Crippen LogP contribution is 2.29.